The standard InChI is InChI=1S/C17H17FN2O4/c1-8-15(21)7-19(8)14-5-13-10(4-12(14)18)16(22)11(17(23)24)6-20(13)9-2-3-9/h4-6,8-9,15,21H,2-3,7H2,1H3,(H,23,24)/t8-,15-/m1/s1. The number of aliphatic hydroxyl groups excluding tert-OH is 1. The van der Waals surface area contributed by atoms with E-state index in [0.717, 1.165) is 18.9 Å². The second-order valence-electron chi connectivity index (χ2n) is 6.60. The molecule has 0 radical (unpaired) electrons. The van der Waals surface area contributed by atoms with Gasteiger partial charge in [-0.3, -0.25) is 4.79 Å². The van der Waals surface area contributed by atoms with E-state index in [0.29, 0.717) is 17.7 Å². The minimum Gasteiger partial charge on any atom is -0.477 e. The van der Waals surface area contributed by atoms with Crippen molar-refractivity contribution in [1.29, 1.82) is 0 Å². The zero-order chi connectivity index (χ0) is 17.2. The lowest BCUT2D eigenvalue weighted by molar-refractivity contribution is 0.0694. The van der Waals surface area contributed by atoms with E-state index in [1.807, 2.05) is 0 Å². The van der Waals surface area contributed by atoms with Crippen molar-refractivity contribution in [2.45, 2.75) is 38.0 Å². The average Bonchev–Trinajstić information content (AvgIpc) is 3.37. The molecule has 1 aliphatic heterocycles. The Balaban J connectivity index is 1.96. The largest absolute Gasteiger partial charge is 0.477 e. The number of rotatable bonds is 3. The number of hydrogen-bond acceptors (Lipinski definition) is 4. The van der Waals surface area contributed by atoms with Crippen molar-refractivity contribution in [3.05, 3.63) is 39.9 Å². The van der Waals surface area contributed by atoms with Gasteiger partial charge in [0.1, 0.15) is 11.4 Å². The highest BCUT2D eigenvalue weighted by atomic mass is 19.1. The lowest BCUT2D eigenvalue weighted by Gasteiger charge is -2.45. The Morgan fingerprint density at radius 3 is 2.58 bits per heavy atom. The van der Waals surface area contributed by atoms with Gasteiger partial charge in [-0.15, -0.1) is 0 Å². The summed E-state index contributed by atoms with van der Waals surface area (Å²) in [5, 5.41) is 19.0. The third-order valence-electron chi connectivity index (χ3n) is 5.01. The third kappa shape index (κ3) is 2.11. The molecule has 0 spiro atoms. The maximum absolute atomic E-state index is 14.5. The summed E-state index contributed by atoms with van der Waals surface area (Å²) < 4.78 is 16.3. The van der Waals surface area contributed by atoms with Gasteiger partial charge in [-0.2, -0.15) is 0 Å². The molecular weight excluding hydrogens is 315 g/mol. The van der Waals surface area contributed by atoms with Gasteiger partial charge < -0.3 is 19.7 Å². The first-order valence-electron chi connectivity index (χ1n) is 7.95. The Labute approximate surface area is 136 Å². The van der Waals surface area contributed by atoms with E-state index in [-0.39, 0.29) is 23.0 Å². The fourth-order valence-corrected chi connectivity index (χ4v) is 3.29. The summed E-state index contributed by atoms with van der Waals surface area (Å²) in [6.45, 7) is 2.14. The number of nitrogens with zero attached hydrogens (tertiary/aromatic N) is 2. The number of halogens is 1. The van der Waals surface area contributed by atoms with Gasteiger partial charge in [0.2, 0.25) is 5.43 Å². The van der Waals surface area contributed by atoms with Crippen molar-refractivity contribution >= 4 is 22.6 Å². The molecule has 0 unspecified atom stereocenters. The van der Waals surface area contributed by atoms with Crippen LogP contribution in [0.15, 0.2) is 23.1 Å². The quantitative estimate of drug-likeness (QED) is 0.895. The lowest BCUT2D eigenvalue weighted by atomic mass is 9.99. The number of carboxylic acids is 1. The van der Waals surface area contributed by atoms with Crippen LogP contribution in [0.1, 0.15) is 36.2 Å². The Morgan fingerprint density at radius 1 is 1.33 bits per heavy atom. The molecule has 4 rings (SSSR count). The summed E-state index contributed by atoms with van der Waals surface area (Å²) in [7, 11) is 0. The van der Waals surface area contributed by atoms with E-state index in [4.69, 9.17) is 0 Å². The Morgan fingerprint density at radius 2 is 2.04 bits per heavy atom. The van der Waals surface area contributed by atoms with Gasteiger partial charge in [-0.1, -0.05) is 0 Å². The second kappa shape index (κ2) is 5.04. The Bertz CT molecular complexity index is 919. The minimum absolute atomic E-state index is 0.0803. The summed E-state index contributed by atoms with van der Waals surface area (Å²) in [6.07, 6.45) is 2.67. The molecule has 1 aliphatic carbocycles. The molecule has 126 valence electrons. The third-order valence-corrected chi connectivity index (χ3v) is 5.01. The predicted octanol–water partition coefficient (Wildman–Crippen LogP) is 1.74. The molecule has 6 nitrogen and oxygen atoms in total. The minimum atomic E-state index is -1.31. The number of fused-ring (bicyclic) bond motifs is 1. The van der Waals surface area contributed by atoms with E-state index in [2.05, 4.69) is 0 Å². The van der Waals surface area contributed by atoms with Gasteiger partial charge in [-0.05, 0) is 31.9 Å². The number of aliphatic hydroxyl groups is 1. The monoisotopic (exact) mass is 332 g/mol. The van der Waals surface area contributed by atoms with Gasteiger partial charge >= 0.3 is 5.97 Å². The highest BCUT2D eigenvalue weighted by Crippen LogP contribution is 2.39. The number of pyridine rings is 1. The molecule has 24 heavy (non-hydrogen) atoms. The summed E-state index contributed by atoms with van der Waals surface area (Å²) in [5.41, 5.74) is -0.138. The van der Waals surface area contributed by atoms with Crippen molar-refractivity contribution < 1.29 is 19.4 Å². The normalized spacial score (nSPS) is 23.4. The second-order valence-corrected chi connectivity index (χ2v) is 6.60. The van der Waals surface area contributed by atoms with Crippen LogP contribution in [0.25, 0.3) is 10.9 Å². The highest BCUT2D eigenvalue weighted by Gasteiger charge is 2.36. The lowest BCUT2D eigenvalue weighted by Crippen LogP contribution is -2.59. The molecule has 2 aliphatic rings. The molecule has 1 aromatic heterocycles. The number of carboxylic acid groups (broad SMARTS) is 1. The molecule has 0 amide bonds. The fourth-order valence-electron chi connectivity index (χ4n) is 3.29. The number of carbonyl (C=O) groups is 1. The molecule has 2 fully saturated rings. The average molecular weight is 332 g/mol. The van der Waals surface area contributed by atoms with Crippen molar-refractivity contribution in [2.75, 3.05) is 11.4 Å². The molecular formula is C17H17FN2O4. The molecule has 0 bridgehead atoms. The number of benzene rings is 1. The van der Waals surface area contributed by atoms with Crippen LogP contribution in [0.5, 0.6) is 0 Å². The van der Waals surface area contributed by atoms with Crippen molar-refractivity contribution in [3.63, 3.8) is 0 Å². The first kappa shape index (κ1) is 15.1. The van der Waals surface area contributed by atoms with E-state index in [9.17, 15) is 24.2 Å². The zero-order valence-electron chi connectivity index (χ0n) is 13.1. The van der Waals surface area contributed by atoms with Crippen molar-refractivity contribution in [1.82, 2.24) is 4.57 Å². The van der Waals surface area contributed by atoms with Crippen LogP contribution in [-0.4, -0.2) is 39.4 Å². The molecule has 1 saturated carbocycles. The van der Waals surface area contributed by atoms with Crippen LogP contribution in [0, 0.1) is 5.82 Å². The van der Waals surface area contributed by atoms with Crippen molar-refractivity contribution in [2.24, 2.45) is 0 Å². The van der Waals surface area contributed by atoms with Gasteiger partial charge in [0, 0.05) is 24.2 Å². The van der Waals surface area contributed by atoms with Crippen LogP contribution in [0.4, 0.5) is 10.1 Å². The molecule has 2 atom stereocenters. The number of aromatic carboxylic acids is 1. The van der Waals surface area contributed by atoms with Gasteiger partial charge in [0.15, 0.2) is 0 Å². The Hall–Kier alpha value is -2.41. The molecule has 2 heterocycles. The van der Waals surface area contributed by atoms with Crippen molar-refractivity contribution in [3.8, 4) is 0 Å². The van der Waals surface area contributed by atoms with E-state index >= 15 is 0 Å². The topological polar surface area (TPSA) is 82.8 Å². The number of β-amino-alcohol motifs (C(OH)–C–C–N with tert-alkyl or cyclic N) is 1. The first-order chi connectivity index (χ1) is 11.4. The maximum Gasteiger partial charge on any atom is 0.341 e. The predicted molar refractivity (Wildman–Crippen MR) is 86.2 cm³/mol. The van der Waals surface area contributed by atoms with E-state index in [1.54, 1.807) is 22.5 Å². The maximum atomic E-state index is 14.5. The van der Waals surface area contributed by atoms with Gasteiger partial charge in [-0.25, -0.2) is 9.18 Å². The summed E-state index contributed by atoms with van der Waals surface area (Å²) in [6, 6.07) is 2.66. The van der Waals surface area contributed by atoms with E-state index in [1.165, 1.54) is 6.20 Å². The molecule has 1 saturated heterocycles. The highest BCUT2D eigenvalue weighted by molar-refractivity contribution is 5.93. The van der Waals surface area contributed by atoms with Crippen LogP contribution in [0.3, 0.4) is 0 Å². The number of hydrogen-bond donors (Lipinski definition) is 2. The SMILES string of the molecule is C[C@@H]1[C@H](O)CN1c1cc2c(cc1F)c(=O)c(C(=O)O)cn2C1CC1. The molecule has 7 heteroatoms. The van der Waals surface area contributed by atoms with Crippen LogP contribution in [-0.2, 0) is 0 Å². The van der Waals surface area contributed by atoms with Crippen LogP contribution >= 0.6 is 0 Å². The smallest absolute Gasteiger partial charge is 0.341 e. The number of anilines is 1. The molecule has 1 aromatic carbocycles. The van der Waals surface area contributed by atoms with Gasteiger partial charge in [0.05, 0.1) is 23.3 Å². The van der Waals surface area contributed by atoms with E-state index < -0.39 is 23.3 Å². The zero-order valence-corrected chi connectivity index (χ0v) is 13.1. The number of aromatic nitrogens is 1. The van der Waals surface area contributed by atoms with Crippen LogP contribution < -0.4 is 10.3 Å². The molecule has 2 aromatic rings. The Kier molecular flexibility index (Phi) is 3.18. The first-order valence-corrected chi connectivity index (χ1v) is 7.95. The summed E-state index contributed by atoms with van der Waals surface area (Å²) in [5.74, 6) is -1.89. The van der Waals surface area contributed by atoms with Crippen LogP contribution in [0.2, 0.25) is 0 Å². The fraction of sp³-hybridized carbons (Fsp3) is 0.412. The summed E-state index contributed by atoms with van der Waals surface area (Å²) >= 11 is 0. The summed E-state index contributed by atoms with van der Waals surface area (Å²) in [4.78, 5) is 25.4. The van der Waals surface area contributed by atoms with Gasteiger partial charge in [0.25, 0.3) is 0 Å². The molecule has 2 N–H and O–H groups in total.